The molecule has 3 rings (SSSR count). The Morgan fingerprint density at radius 1 is 1.35 bits per heavy atom. The highest BCUT2D eigenvalue weighted by Gasteiger charge is 2.30. The summed E-state index contributed by atoms with van der Waals surface area (Å²) < 4.78 is 44.5. The number of aromatic nitrogens is 2. The Kier molecular flexibility index (Phi) is 4.73. The maximum atomic E-state index is 12.7. The summed E-state index contributed by atoms with van der Waals surface area (Å²) in [7, 11) is 1.37. The Morgan fingerprint density at radius 3 is 2.62 bits per heavy atom. The minimum Gasteiger partial charge on any atom is -0.504 e. The van der Waals surface area contributed by atoms with Gasteiger partial charge in [0.1, 0.15) is 0 Å². The van der Waals surface area contributed by atoms with Crippen LogP contribution in [0.2, 0.25) is 0 Å². The number of fused-ring (bicyclic) bond motifs is 1. The van der Waals surface area contributed by atoms with Gasteiger partial charge >= 0.3 is 12.1 Å². The van der Waals surface area contributed by atoms with Crippen molar-refractivity contribution in [2.75, 3.05) is 7.11 Å². The van der Waals surface area contributed by atoms with E-state index < -0.39 is 17.7 Å². The molecule has 26 heavy (non-hydrogen) atoms. The van der Waals surface area contributed by atoms with Crippen LogP contribution in [0.15, 0.2) is 47.7 Å². The molecule has 0 radical (unpaired) electrons. The van der Waals surface area contributed by atoms with E-state index in [4.69, 9.17) is 4.74 Å². The van der Waals surface area contributed by atoms with Gasteiger partial charge < -0.3 is 9.84 Å². The van der Waals surface area contributed by atoms with Crippen LogP contribution < -0.4 is 0 Å². The summed E-state index contributed by atoms with van der Waals surface area (Å²) in [5, 5.41) is 11.0. The van der Waals surface area contributed by atoms with Gasteiger partial charge in [-0.2, -0.15) is 13.2 Å². The van der Waals surface area contributed by atoms with Gasteiger partial charge in [0.05, 0.1) is 30.2 Å². The first-order valence-electron chi connectivity index (χ1n) is 7.38. The molecular formula is C17H13F3N2O3S. The highest BCUT2D eigenvalue weighted by molar-refractivity contribution is 7.15. The third-order valence-corrected chi connectivity index (χ3v) is 4.59. The number of thiazole rings is 1. The molecule has 3 aromatic rings. The van der Waals surface area contributed by atoms with E-state index in [0.29, 0.717) is 21.9 Å². The van der Waals surface area contributed by atoms with Crippen molar-refractivity contribution in [1.29, 1.82) is 0 Å². The van der Waals surface area contributed by atoms with E-state index >= 15 is 0 Å². The molecule has 136 valence electrons. The van der Waals surface area contributed by atoms with Gasteiger partial charge in [0.25, 0.3) is 0 Å². The van der Waals surface area contributed by atoms with E-state index in [-0.39, 0.29) is 12.0 Å². The molecule has 0 unspecified atom stereocenters. The van der Waals surface area contributed by atoms with Crippen LogP contribution in [0.25, 0.3) is 16.2 Å². The number of alkyl halides is 3. The summed E-state index contributed by atoms with van der Waals surface area (Å²) in [6.45, 7) is 0. The average molecular weight is 382 g/mol. The number of benzene rings is 1. The maximum Gasteiger partial charge on any atom is 0.416 e. The number of hydrogen-bond acceptors (Lipinski definition) is 4. The lowest BCUT2D eigenvalue weighted by molar-refractivity contribution is -0.137. The van der Waals surface area contributed by atoms with Gasteiger partial charge in [-0.05, 0) is 12.1 Å². The summed E-state index contributed by atoms with van der Waals surface area (Å²) in [6, 6.07) is 4.74. The molecule has 0 saturated heterocycles. The number of hydrogen-bond donors (Lipinski definition) is 1. The zero-order valence-corrected chi connectivity index (χ0v) is 14.3. The second-order valence-electron chi connectivity index (χ2n) is 5.44. The third kappa shape index (κ3) is 3.57. The lowest BCUT2D eigenvalue weighted by Crippen LogP contribution is -2.05. The number of methoxy groups -OCH3 is 1. The molecule has 0 aliphatic carbocycles. The summed E-state index contributed by atoms with van der Waals surface area (Å²) in [4.78, 5) is 16.2. The Bertz CT molecular complexity index is 971. The van der Waals surface area contributed by atoms with Crippen molar-refractivity contribution in [2.24, 2.45) is 0 Å². The lowest BCUT2D eigenvalue weighted by atomic mass is 10.1. The Hall–Kier alpha value is -2.81. The van der Waals surface area contributed by atoms with Crippen LogP contribution in [0, 0.1) is 0 Å². The van der Waals surface area contributed by atoms with Crippen LogP contribution >= 0.6 is 11.3 Å². The van der Waals surface area contributed by atoms with Gasteiger partial charge in [0.15, 0.2) is 4.96 Å². The number of carboxylic acids is 1. The predicted molar refractivity (Wildman–Crippen MR) is 89.9 cm³/mol. The molecule has 0 aliphatic rings. The molecule has 2 heterocycles. The topological polar surface area (TPSA) is 63.8 Å². The Morgan fingerprint density at radius 2 is 2.04 bits per heavy atom. The molecule has 5 nitrogen and oxygen atoms in total. The highest BCUT2D eigenvalue weighted by atomic mass is 32.1. The molecule has 1 N–H and O–H groups in total. The first kappa shape index (κ1) is 18.0. The third-order valence-electron chi connectivity index (χ3n) is 3.70. The summed E-state index contributed by atoms with van der Waals surface area (Å²) >= 11 is 1.32. The molecule has 0 aliphatic heterocycles. The van der Waals surface area contributed by atoms with E-state index in [2.05, 4.69) is 4.98 Å². The zero-order chi connectivity index (χ0) is 18.9. The van der Waals surface area contributed by atoms with Gasteiger partial charge in [-0.1, -0.05) is 12.1 Å². The molecular weight excluding hydrogens is 369 g/mol. The van der Waals surface area contributed by atoms with Crippen molar-refractivity contribution in [2.45, 2.75) is 12.6 Å². The minimum atomic E-state index is -4.39. The number of carbonyl (C=O) groups is 1. The largest absolute Gasteiger partial charge is 0.504 e. The Labute approximate surface area is 150 Å². The monoisotopic (exact) mass is 382 g/mol. The number of nitrogens with zero attached hydrogens (tertiary/aromatic N) is 2. The molecule has 9 heteroatoms. The fraction of sp³-hybridized carbons (Fsp3) is 0.176. The van der Waals surface area contributed by atoms with Gasteiger partial charge in [0.2, 0.25) is 0 Å². The summed E-state index contributed by atoms with van der Waals surface area (Å²) in [5.41, 5.74) is 1.11. The van der Waals surface area contributed by atoms with Crippen molar-refractivity contribution in [3.05, 3.63) is 58.9 Å². The second-order valence-corrected chi connectivity index (χ2v) is 6.28. The average Bonchev–Trinajstić information content (AvgIpc) is 3.15. The standard InChI is InChI=1S/C17H13F3N2O3S/c1-25-8-11(15(23)24)6-13-9-26-16-21-14(7-22(13)16)10-2-4-12(5-3-10)17(18,19)20/h2-5,7-9H,6H2,1H3,(H,23,24)/b11-8-. The molecule has 0 atom stereocenters. The fourth-order valence-corrected chi connectivity index (χ4v) is 3.30. The second kappa shape index (κ2) is 6.83. The van der Waals surface area contributed by atoms with E-state index in [0.717, 1.165) is 12.1 Å². The van der Waals surface area contributed by atoms with E-state index in [1.165, 1.54) is 36.8 Å². The number of rotatable bonds is 5. The smallest absolute Gasteiger partial charge is 0.416 e. The van der Waals surface area contributed by atoms with Crippen LogP contribution in [-0.4, -0.2) is 27.6 Å². The molecule has 1 aromatic carbocycles. The minimum absolute atomic E-state index is 0.0805. The van der Waals surface area contributed by atoms with Crippen LogP contribution in [0.4, 0.5) is 13.2 Å². The predicted octanol–water partition coefficient (Wildman–Crippen LogP) is 4.24. The molecule has 0 saturated carbocycles. The van der Waals surface area contributed by atoms with E-state index in [1.807, 2.05) is 0 Å². The number of ether oxygens (including phenoxy) is 1. The van der Waals surface area contributed by atoms with Gasteiger partial charge in [-0.15, -0.1) is 11.3 Å². The van der Waals surface area contributed by atoms with Crippen molar-refractivity contribution >= 4 is 22.3 Å². The maximum absolute atomic E-state index is 12.7. The number of imidazole rings is 1. The molecule has 0 spiro atoms. The molecule has 0 fully saturated rings. The first-order chi connectivity index (χ1) is 12.3. The molecule has 2 aromatic heterocycles. The highest BCUT2D eigenvalue weighted by Crippen LogP contribution is 2.31. The zero-order valence-electron chi connectivity index (χ0n) is 13.4. The van der Waals surface area contributed by atoms with Gasteiger partial charge in [-0.25, -0.2) is 9.78 Å². The van der Waals surface area contributed by atoms with Crippen molar-refractivity contribution < 1.29 is 27.8 Å². The normalized spacial score (nSPS) is 12.5. The quantitative estimate of drug-likeness (QED) is 0.530. The van der Waals surface area contributed by atoms with Crippen molar-refractivity contribution in [1.82, 2.24) is 9.38 Å². The van der Waals surface area contributed by atoms with Crippen molar-refractivity contribution in [3.8, 4) is 11.3 Å². The number of carboxylic acid groups (broad SMARTS) is 1. The number of aliphatic carboxylic acids is 1. The van der Waals surface area contributed by atoms with Crippen LogP contribution in [0.1, 0.15) is 11.3 Å². The summed E-state index contributed by atoms with van der Waals surface area (Å²) in [5.74, 6) is -1.09. The Balaban J connectivity index is 1.92. The lowest BCUT2D eigenvalue weighted by Gasteiger charge is -2.06. The van der Waals surface area contributed by atoms with Crippen LogP contribution in [0.5, 0.6) is 0 Å². The van der Waals surface area contributed by atoms with Gasteiger partial charge in [-0.3, -0.25) is 4.40 Å². The molecule has 0 bridgehead atoms. The van der Waals surface area contributed by atoms with Crippen LogP contribution in [0.3, 0.4) is 0 Å². The number of halogens is 3. The SMILES string of the molecule is CO/C=C(/Cc1csc2nc(-c3ccc(C(F)(F)F)cc3)cn12)C(=O)O. The van der Waals surface area contributed by atoms with E-state index in [9.17, 15) is 23.1 Å². The fourth-order valence-electron chi connectivity index (χ4n) is 2.43. The van der Waals surface area contributed by atoms with E-state index in [1.54, 1.807) is 16.0 Å². The van der Waals surface area contributed by atoms with Gasteiger partial charge in [0, 0.05) is 29.3 Å². The molecule has 0 amide bonds. The first-order valence-corrected chi connectivity index (χ1v) is 8.26. The summed E-state index contributed by atoms with van der Waals surface area (Å²) in [6.07, 6.45) is -1.41. The van der Waals surface area contributed by atoms with Crippen molar-refractivity contribution in [3.63, 3.8) is 0 Å². The van der Waals surface area contributed by atoms with Crippen LogP contribution in [-0.2, 0) is 22.1 Å².